The van der Waals surface area contributed by atoms with E-state index in [1.807, 2.05) is 0 Å². The zero-order chi connectivity index (χ0) is 16.4. The van der Waals surface area contributed by atoms with Crippen molar-refractivity contribution in [3.05, 3.63) is 41.6 Å². The predicted octanol–water partition coefficient (Wildman–Crippen LogP) is 3.09. The number of rotatable bonds is 3. The van der Waals surface area contributed by atoms with E-state index in [0.717, 1.165) is 24.4 Å². The van der Waals surface area contributed by atoms with Crippen molar-refractivity contribution in [3.8, 4) is 11.6 Å². The molecule has 0 saturated heterocycles. The van der Waals surface area contributed by atoms with Crippen LogP contribution in [0.2, 0.25) is 0 Å². The highest BCUT2D eigenvalue weighted by molar-refractivity contribution is 5.85. The third-order valence-electron chi connectivity index (χ3n) is 3.39. The van der Waals surface area contributed by atoms with Crippen LogP contribution in [0.5, 0.6) is 11.6 Å². The van der Waals surface area contributed by atoms with Crippen molar-refractivity contribution >= 4 is 24.8 Å². The van der Waals surface area contributed by atoms with Gasteiger partial charge in [-0.1, -0.05) is 0 Å². The van der Waals surface area contributed by atoms with Crippen molar-refractivity contribution in [1.82, 2.24) is 20.0 Å². The van der Waals surface area contributed by atoms with E-state index in [1.165, 1.54) is 12.5 Å². The molecule has 6 nitrogen and oxygen atoms in total. The minimum atomic E-state index is -4.57. The van der Waals surface area contributed by atoms with Crippen LogP contribution in [-0.2, 0) is 19.1 Å². The monoisotopic (exact) mass is 398 g/mol. The van der Waals surface area contributed by atoms with Gasteiger partial charge in [0, 0.05) is 36.5 Å². The zero-order valence-corrected chi connectivity index (χ0v) is 14.6. The maximum absolute atomic E-state index is 13.0. The molecule has 0 unspecified atom stereocenters. The molecular weight excluding hydrogens is 384 g/mol. The molecule has 2 aromatic heterocycles. The molecule has 11 heteroatoms. The van der Waals surface area contributed by atoms with Crippen molar-refractivity contribution in [1.29, 1.82) is 0 Å². The van der Waals surface area contributed by atoms with Gasteiger partial charge in [-0.3, -0.25) is 0 Å². The van der Waals surface area contributed by atoms with Crippen LogP contribution in [0.1, 0.15) is 16.8 Å². The third-order valence-corrected chi connectivity index (χ3v) is 3.39. The molecule has 0 amide bonds. The van der Waals surface area contributed by atoms with E-state index in [-0.39, 0.29) is 30.6 Å². The number of hydrogen-bond donors (Lipinski definition) is 0. The fourth-order valence-electron chi connectivity index (χ4n) is 2.32. The second kappa shape index (κ2) is 8.50. The summed E-state index contributed by atoms with van der Waals surface area (Å²) in [5.74, 6) is -0.485. The molecule has 0 spiro atoms. The van der Waals surface area contributed by atoms with Crippen molar-refractivity contribution in [2.75, 3.05) is 13.7 Å². The number of alkyl halides is 3. The first kappa shape index (κ1) is 21.2. The SMILES string of the molecule is COc1ncc(ON2CCc3ncncc3C2)cc1C(F)(F)F.Cl.Cl. The molecule has 3 rings (SSSR count). The fourth-order valence-corrected chi connectivity index (χ4v) is 2.32. The van der Waals surface area contributed by atoms with Crippen molar-refractivity contribution in [3.63, 3.8) is 0 Å². The summed E-state index contributed by atoms with van der Waals surface area (Å²) in [6, 6.07) is 0.878. The summed E-state index contributed by atoms with van der Waals surface area (Å²) in [5, 5.41) is 1.55. The number of fused-ring (bicyclic) bond motifs is 1. The zero-order valence-electron chi connectivity index (χ0n) is 13.0. The number of pyridine rings is 1. The average Bonchev–Trinajstić information content (AvgIpc) is 2.54. The van der Waals surface area contributed by atoms with E-state index in [9.17, 15) is 13.2 Å². The first-order valence-corrected chi connectivity index (χ1v) is 6.79. The van der Waals surface area contributed by atoms with Gasteiger partial charge in [0.25, 0.3) is 0 Å². The first-order valence-electron chi connectivity index (χ1n) is 6.79. The molecule has 0 aliphatic carbocycles. The lowest BCUT2D eigenvalue weighted by molar-refractivity contribution is -0.139. The average molecular weight is 399 g/mol. The van der Waals surface area contributed by atoms with Crippen LogP contribution in [0, 0.1) is 0 Å². The Labute approximate surface area is 154 Å². The smallest absolute Gasteiger partial charge is 0.421 e. The Bertz CT molecular complexity index is 719. The van der Waals surface area contributed by atoms with Gasteiger partial charge in [0.1, 0.15) is 11.9 Å². The van der Waals surface area contributed by atoms with Crippen LogP contribution in [0.25, 0.3) is 0 Å². The van der Waals surface area contributed by atoms with Crippen LogP contribution in [0.4, 0.5) is 13.2 Å². The molecule has 0 aromatic carbocycles. The van der Waals surface area contributed by atoms with Gasteiger partial charge < -0.3 is 9.57 Å². The van der Waals surface area contributed by atoms with Crippen molar-refractivity contribution in [2.45, 2.75) is 19.1 Å². The Morgan fingerprint density at radius 1 is 1.16 bits per heavy atom. The Kier molecular flexibility index (Phi) is 7.21. The molecule has 2 aromatic rings. The van der Waals surface area contributed by atoms with Gasteiger partial charge in [-0.15, -0.1) is 29.9 Å². The van der Waals surface area contributed by atoms with Gasteiger partial charge in [0.2, 0.25) is 5.88 Å². The third kappa shape index (κ3) is 4.83. The van der Waals surface area contributed by atoms with Crippen LogP contribution in [0.3, 0.4) is 0 Å². The number of methoxy groups -OCH3 is 1. The van der Waals surface area contributed by atoms with E-state index in [2.05, 4.69) is 19.7 Å². The van der Waals surface area contributed by atoms with Crippen LogP contribution in [0.15, 0.2) is 24.8 Å². The number of hydroxylamine groups is 2. The molecule has 1 aliphatic heterocycles. The number of nitrogens with zero attached hydrogens (tertiary/aromatic N) is 4. The Morgan fingerprint density at radius 3 is 2.60 bits per heavy atom. The molecule has 0 N–H and O–H groups in total. The molecule has 0 saturated carbocycles. The Hall–Kier alpha value is -1.84. The lowest BCUT2D eigenvalue weighted by Crippen LogP contribution is -2.34. The fraction of sp³-hybridized carbons (Fsp3) is 0.357. The summed E-state index contributed by atoms with van der Waals surface area (Å²) in [6.45, 7) is 0.904. The number of hydrogen-bond acceptors (Lipinski definition) is 6. The van der Waals surface area contributed by atoms with Crippen LogP contribution < -0.4 is 9.57 Å². The van der Waals surface area contributed by atoms with Crippen LogP contribution >= 0.6 is 24.8 Å². The molecule has 0 bridgehead atoms. The van der Waals surface area contributed by atoms with Gasteiger partial charge in [0.05, 0.1) is 19.9 Å². The lowest BCUT2D eigenvalue weighted by atomic mass is 10.1. The van der Waals surface area contributed by atoms with Gasteiger partial charge in [-0.25, -0.2) is 15.0 Å². The highest BCUT2D eigenvalue weighted by Gasteiger charge is 2.36. The molecule has 0 radical (unpaired) electrons. The van der Waals surface area contributed by atoms with E-state index >= 15 is 0 Å². The van der Waals surface area contributed by atoms with Gasteiger partial charge >= 0.3 is 6.18 Å². The Morgan fingerprint density at radius 2 is 1.92 bits per heavy atom. The van der Waals surface area contributed by atoms with Crippen molar-refractivity contribution in [2.24, 2.45) is 0 Å². The molecular formula is C14H15Cl2F3N4O2. The maximum atomic E-state index is 13.0. The largest absolute Gasteiger partial charge is 0.481 e. The van der Waals surface area contributed by atoms with E-state index in [1.54, 1.807) is 11.3 Å². The number of aromatic nitrogens is 3. The summed E-state index contributed by atoms with van der Waals surface area (Å²) in [4.78, 5) is 17.3. The summed E-state index contributed by atoms with van der Waals surface area (Å²) in [7, 11) is 1.14. The summed E-state index contributed by atoms with van der Waals surface area (Å²) in [5.41, 5.74) is 0.832. The molecule has 138 valence electrons. The van der Waals surface area contributed by atoms with E-state index in [0.29, 0.717) is 19.5 Å². The second-order valence-electron chi connectivity index (χ2n) is 4.93. The summed E-state index contributed by atoms with van der Waals surface area (Å²) in [6.07, 6.45) is 0.405. The van der Waals surface area contributed by atoms with E-state index < -0.39 is 17.6 Å². The second-order valence-corrected chi connectivity index (χ2v) is 4.93. The minimum Gasteiger partial charge on any atom is -0.481 e. The lowest BCUT2D eigenvalue weighted by Gasteiger charge is -2.27. The maximum Gasteiger partial charge on any atom is 0.421 e. The van der Waals surface area contributed by atoms with Gasteiger partial charge in [0.15, 0.2) is 5.75 Å². The molecule has 1 aliphatic rings. The summed E-state index contributed by atoms with van der Waals surface area (Å²) < 4.78 is 43.6. The van der Waals surface area contributed by atoms with Crippen molar-refractivity contribution < 1.29 is 22.7 Å². The minimum absolute atomic E-state index is 0. The molecule has 0 fully saturated rings. The first-order chi connectivity index (χ1) is 11.0. The Balaban J connectivity index is 0.00000156. The standard InChI is InChI=1S/C14H13F3N4O2.2ClH/c1-22-13-11(14(15,16)17)4-10(6-19-13)23-21-3-2-12-9(7-21)5-18-8-20-12;;/h4-6,8H,2-3,7H2,1H3;2*1H. The predicted molar refractivity (Wildman–Crippen MR) is 87.1 cm³/mol. The quantitative estimate of drug-likeness (QED) is 0.791. The highest BCUT2D eigenvalue weighted by atomic mass is 35.5. The number of ether oxygens (including phenoxy) is 1. The molecule has 25 heavy (non-hydrogen) atoms. The molecule has 0 atom stereocenters. The van der Waals surface area contributed by atoms with Gasteiger partial charge in [-0.05, 0) is 0 Å². The number of halogens is 5. The molecule has 3 heterocycles. The van der Waals surface area contributed by atoms with E-state index in [4.69, 9.17) is 4.84 Å². The highest BCUT2D eigenvalue weighted by Crippen LogP contribution is 2.37. The summed E-state index contributed by atoms with van der Waals surface area (Å²) >= 11 is 0. The normalized spacial score (nSPS) is 13.9. The topological polar surface area (TPSA) is 60.4 Å². The van der Waals surface area contributed by atoms with Gasteiger partial charge in [-0.2, -0.15) is 13.2 Å². The van der Waals surface area contributed by atoms with Crippen LogP contribution in [-0.4, -0.2) is 33.7 Å².